The van der Waals surface area contributed by atoms with E-state index < -0.39 is 6.10 Å². The second-order valence-corrected chi connectivity index (χ2v) is 8.71. The van der Waals surface area contributed by atoms with Gasteiger partial charge < -0.3 is 14.4 Å². The van der Waals surface area contributed by atoms with Crippen molar-refractivity contribution >= 4 is 16.6 Å². The minimum absolute atomic E-state index is 0.285. The first kappa shape index (κ1) is 23.6. The molecule has 1 aliphatic heterocycles. The molecule has 0 amide bonds. The SMILES string of the molecule is Cc1cc(F)c(-c2ncnc3cc(N4CCOCC4)ccc23)cc1Cc1ccc(OC(C)C#N)nn1. The number of nitrogens with zero attached hydrogens (tertiary/aromatic N) is 6. The van der Waals surface area contributed by atoms with Gasteiger partial charge in [-0.25, -0.2) is 14.4 Å². The summed E-state index contributed by atoms with van der Waals surface area (Å²) < 4.78 is 26.0. The fraction of sp³-hybridized carbons (Fsp3) is 0.296. The molecule has 0 aliphatic carbocycles. The van der Waals surface area contributed by atoms with Crippen molar-refractivity contribution in [1.82, 2.24) is 20.2 Å². The van der Waals surface area contributed by atoms with Crippen molar-refractivity contribution in [2.24, 2.45) is 0 Å². The molecular weight excluding hydrogens is 459 g/mol. The number of nitriles is 1. The molecule has 1 atom stereocenters. The number of halogens is 1. The molecule has 1 aliphatic rings. The van der Waals surface area contributed by atoms with E-state index in [2.05, 4.69) is 25.1 Å². The lowest BCUT2D eigenvalue weighted by atomic mass is 9.97. The Balaban J connectivity index is 1.46. The Morgan fingerprint density at radius 2 is 1.94 bits per heavy atom. The van der Waals surface area contributed by atoms with E-state index in [0.29, 0.717) is 36.6 Å². The Morgan fingerprint density at radius 1 is 1.11 bits per heavy atom. The van der Waals surface area contributed by atoms with Gasteiger partial charge in [-0.15, -0.1) is 5.10 Å². The minimum atomic E-state index is -0.611. The highest BCUT2D eigenvalue weighted by Crippen LogP contribution is 2.32. The summed E-state index contributed by atoms with van der Waals surface area (Å²) in [5.74, 6) is -0.0537. The topological polar surface area (TPSA) is 97.1 Å². The fourth-order valence-electron chi connectivity index (χ4n) is 4.28. The zero-order chi connectivity index (χ0) is 25.1. The number of hydrogen-bond donors (Lipinski definition) is 0. The molecule has 5 rings (SSSR count). The summed E-state index contributed by atoms with van der Waals surface area (Å²) in [5.41, 5.74) is 5.22. The fourth-order valence-corrected chi connectivity index (χ4v) is 4.28. The molecule has 3 heterocycles. The van der Waals surface area contributed by atoms with Crippen LogP contribution in [0.25, 0.3) is 22.2 Å². The summed E-state index contributed by atoms with van der Waals surface area (Å²) in [4.78, 5) is 11.2. The summed E-state index contributed by atoms with van der Waals surface area (Å²) in [7, 11) is 0. The number of benzene rings is 2. The van der Waals surface area contributed by atoms with E-state index in [1.54, 1.807) is 19.1 Å². The molecule has 0 spiro atoms. The van der Waals surface area contributed by atoms with Gasteiger partial charge in [0.1, 0.15) is 18.2 Å². The van der Waals surface area contributed by atoms with Gasteiger partial charge >= 0.3 is 0 Å². The maximum Gasteiger partial charge on any atom is 0.234 e. The summed E-state index contributed by atoms with van der Waals surface area (Å²) >= 11 is 0. The quantitative estimate of drug-likeness (QED) is 0.401. The first-order chi connectivity index (χ1) is 17.5. The van der Waals surface area contributed by atoms with Crippen LogP contribution in [0.5, 0.6) is 5.88 Å². The molecule has 8 nitrogen and oxygen atoms in total. The van der Waals surface area contributed by atoms with E-state index >= 15 is 4.39 Å². The van der Waals surface area contributed by atoms with Crippen molar-refractivity contribution in [3.05, 3.63) is 71.4 Å². The third kappa shape index (κ3) is 4.95. The van der Waals surface area contributed by atoms with Crippen LogP contribution in [0.3, 0.4) is 0 Å². The van der Waals surface area contributed by atoms with Gasteiger partial charge in [-0.05, 0) is 61.4 Å². The molecule has 0 N–H and O–H groups in total. The van der Waals surface area contributed by atoms with Gasteiger partial charge in [-0.2, -0.15) is 10.4 Å². The monoisotopic (exact) mass is 484 g/mol. The van der Waals surface area contributed by atoms with Crippen LogP contribution in [0, 0.1) is 24.1 Å². The van der Waals surface area contributed by atoms with Crippen LogP contribution in [-0.4, -0.2) is 52.6 Å². The number of rotatable bonds is 6. The molecule has 0 saturated carbocycles. The Labute approximate surface area is 208 Å². The Kier molecular flexibility index (Phi) is 6.69. The van der Waals surface area contributed by atoms with E-state index in [1.807, 2.05) is 37.3 Å². The summed E-state index contributed by atoms with van der Waals surface area (Å²) in [6.45, 7) is 6.56. The predicted octanol–water partition coefficient (Wildman–Crippen LogP) is 4.25. The van der Waals surface area contributed by atoms with Crippen LogP contribution in [0.15, 0.2) is 48.8 Å². The van der Waals surface area contributed by atoms with Crippen LogP contribution in [0.2, 0.25) is 0 Å². The predicted molar refractivity (Wildman–Crippen MR) is 133 cm³/mol. The average molecular weight is 485 g/mol. The largest absolute Gasteiger partial charge is 0.458 e. The standard InChI is InChI=1S/C27H25FN6O2/c1-17-11-24(28)23(13-19(17)12-20-3-6-26(33-32-20)36-18(2)15-29)27-22-5-4-21(14-25(22)30-16-31-27)34-7-9-35-10-8-34/h3-6,11,13-14,16,18H,7-10,12H2,1-2H3. The van der Waals surface area contributed by atoms with E-state index in [0.717, 1.165) is 40.8 Å². The van der Waals surface area contributed by atoms with Crippen LogP contribution < -0.4 is 9.64 Å². The zero-order valence-electron chi connectivity index (χ0n) is 20.1. The molecule has 0 bridgehead atoms. The molecular formula is C27H25FN6O2. The Bertz CT molecular complexity index is 1430. The van der Waals surface area contributed by atoms with Gasteiger partial charge in [0.25, 0.3) is 0 Å². The third-order valence-corrected chi connectivity index (χ3v) is 6.22. The molecule has 2 aromatic heterocycles. The van der Waals surface area contributed by atoms with Crippen molar-refractivity contribution < 1.29 is 13.9 Å². The van der Waals surface area contributed by atoms with Gasteiger partial charge in [0, 0.05) is 42.2 Å². The normalized spacial score (nSPS) is 14.4. The second-order valence-electron chi connectivity index (χ2n) is 8.71. The summed E-state index contributed by atoms with van der Waals surface area (Å²) in [6.07, 6.45) is 1.33. The number of aryl methyl sites for hydroxylation is 1. The van der Waals surface area contributed by atoms with Gasteiger partial charge in [0.2, 0.25) is 5.88 Å². The minimum Gasteiger partial charge on any atom is -0.458 e. The number of hydrogen-bond acceptors (Lipinski definition) is 8. The lowest BCUT2D eigenvalue weighted by Crippen LogP contribution is -2.36. The van der Waals surface area contributed by atoms with E-state index in [-0.39, 0.29) is 11.7 Å². The first-order valence-electron chi connectivity index (χ1n) is 11.8. The molecule has 2 aromatic carbocycles. The zero-order valence-corrected chi connectivity index (χ0v) is 20.1. The van der Waals surface area contributed by atoms with Crippen molar-refractivity contribution in [2.45, 2.75) is 26.4 Å². The molecule has 1 saturated heterocycles. The number of ether oxygens (including phenoxy) is 2. The van der Waals surface area contributed by atoms with Crippen LogP contribution in [-0.2, 0) is 11.2 Å². The lowest BCUT2D eigenvalue weighted by Gasteiger charge is -2.29. The van der Waals surface area contributed by atoms with Gasteiger partial charge in [-0.3, -0.25) is 0 Å². The molecule has 4 aromatic rings. The van der Waals surface area contributed by atoms with E-state index in [9.17, 15) is 0 Å². The van der Waals surface area contributed by atoms with Gasteiger partial charge in [0.05, 0.1) is 30.1 Å². The molecule has 9 heteroatoms. The highest BCUT2D eigenvalue weighted by molar-refractivity contribution is 5.94. The van der Waals surface area contributed by atoms with Crippen molar-refractivity contribution in [3.63, 3.8) is 0 Å². The first-order valence-corrected chi connectivity index (χ1v) is 11.8. The van der Waals surface area contributed by atoms with Gasteiger partial charge in [0.15, 0.2) is 6.10 Å². The number of morpholine rings is 1. The summed E-state index contributed by atoms with van der Waals surface area (Å²) in [6, 6.07) is 14.8. The average Bonchev–Trinajstić information content (AvgIpc) is 2.91. The molecule has 182 valence electrons. The van der Waals surface area contributed by atoms with Crippen LogP contribution >= 0.6 is 0 Å². The van der Waals surface area contributed by atoms with Crippen LogP contribution in [0.1, 0.15) is 23.7 Å². The maximum atomic E-state index is 15.2. The van der Waals surface area contributed by atoms with E-state index in [1.165, 1.54) is 12.4 Å². The molecule has 1 fully saturated rings. The Morgan fingerprint density at radius 3 is 2.69 bits per heavy atom. The molecule has 1 unspecified atom stereocenters. The summed E-state index contributed by atoms with van der Waals surface area (Å²) in [5, 5.41) is 17.9. The number of aromatic nitrogens is 4. The molecule has 36 heavy (non-hydrogen) atoms. The second kappa shape index (κ2) is 10.2. The Hall–Kier alpha value is -4.16. The smallest absolute Gasteiger partial charge is 0.234 e. The van der Waals surface area contributed by atoms with E-state index in [4.69, 9.17) is 14.7 Å². The molecule has 0 radical (unpaired) electrons. The van der Waals surface area contributed by atoms with Gasteiger partial charge in [-0.1, -0.05) is 0 Å². The number of fused-ring (bicyclic) bond motifs is 1. The highest BCUT2D eigenvalue weighted by Gasteiger charge is 2.17. The van der Waals surface area contributed by atoms with Crippen molar-refractivity contribution in [3.8, 4) is 23.2 Å². The number of anilines is 1. The highest BCUT2D eigenvalue weighted by atomic mass is 19.1. The van der Waals surface area contributed by atoms with Crippen LogP contribution in [0.4, 0.5) is 10.1 Å². The van der Waals surface area contributed by atoms with Crippen molar-refractivity contribution in [1.29, 1.82) is 5.26 Å². The maximum absolute atomic E-state index is 15.2. The lowest BCUT2D eigenvalue weighted by molar-refractivity contribution is 0.122. The third-order valence-electron chi connectivity index (χ3n) is 6.22. The van der Waals surface area contributed by atoms with Crippen molar-refractivity contribution in [2.75, 3.05) is 31.2 Å².